The van der Waals surface area contributed by atoms with Crippen molar-refractivity contribution in [2.75, 3.05) is 7.11 Å². The highest BCUT2D eigenvalue weighted by molar-refractivity contribution is 7.07. The first-order valence-electron chi connectivity index (χ1n) is 4.76. The van der Waals surface area contributed by atoms with E-state index in [2.05, 4.69) is 0 Å². The molecule has 0 aliphatic heterocycles. The van der Waals surface area contributed by atoms with Crippen LogP contribution in [0.5, 0.6) is 5.75 Å². The molecule has 0 spiro atoms. The Labute approximate surface area is 96.9 Å². The zero-order valence-electron chi connectivity index (χ0n) is 8.68. The molecular formula is C12H11FO2S. The lowest BCUT2D eigenvalue weighted by molar-refractivity contribution is 0.214. The second kappa shape index (κ2) is 4.63. The fraction of sp³-hybridized carbons (Fsp3) is 0.167. The number of ether oxygens (including phenoxy) is 1. The number of benzene rings is 1. The van der Waals surface area contributed by atoms with Crippen molar-refractivity contribution >= 4 is 11.3 Å². The normalized spacial score (nSPS) is 12.4. The summed E-state index contributed by atoms with van der Waals surface area (Å²) in [7, 11) is 1.50. The van der Waals surface area contributed by atoms with Gasteiger partial charge in [-0.1, -0.05) is 0 Å². The lowest BCUT2D eigenvalue weighted by Crippen LogP contribution is -2.01. The number of thiophene rings is 1. The summed E-state index contributed by atoms with van der Waals surface area (Å²) in [6.45, 7) is 0. The van der Waals surface area contributed by atoms with Gasteiger partial charge in [0.1, 0.15) is 17.7 Å². The molecule has 2 rings (SSSR count). The van der Waals surface area contributed by atoms with Crippen LogP contribution in [0, 0.1) is 5.82 Å². The number of hydrogen-bond donors (Lipinski definition) is 1. The molecule has 0 amide bonds. The van der Waals surface area contributed by atoms with E-state index in [0.717, 1.165) is 5.56 Å². The van der Waals surface area contributed by atoms with E-state index < -0.39 is 6.10 Å². The van der Waals surface area contributed by atoms with E-state index in [-0.39, 0.29) is 5.82 Å². The minimum atomic E-state index is -0.850. The van der Waals surface area contributed by atoms with Gasteiger partial charge >= 0.3 is 0 Å². The van der Waals surface area contributed by atoms with Crippen molar-refractivity contribution in [2.45, 2.75) is 6.10 Å². The second-order valence-corrected chi connectivity index (χ2v) is 4.13. The van der Waals surface area contributed by atoms with Gasteiger partial charge in [-0.05, 0) is 40.6 Å². The Morgan fingerprint density at radius 3 is 2.81 bits per heavy atom. The summed E-state index contributed by atoms with van der Waals surface area (Å²) in [6, 6.07) is 5.92. The molecule has 16 heavy (non-hydrogen) atoms. The molecule has 2 nitrogen and oxygen atoms in total. The van der Waals surface area contributed by atoms with Crippen molar-refractivity contribution in [1.29, 1.82) is 0 Å². The van der Waals surface area contributed by atoms with Crippen LogP contribution < -0.4 is 4.74 Å². The molecule has 1 heterocycles. The van der Waals surface area contributed by atoms with Gasteiger partial charge in [0, 0.05) is 5.56 Å². The van der Waals surface area contributed by atoms with Crippen LogP contribution in [0.2, 0.25) is 0 Å². The highest BCUT2D eigenvalue weighted by atomic mass is 32.1. The van der Waals surface area contributed by atoms with Gasteiger partial charge < -0.3 is 9.84 Å². The van der Waals surface area contributed by atoms with E-state index in [0.29, 0.717) is 11.3 Å². The van der Waals surface area contributed by atoms with E-state index in [1.165, 1.54) is 36.6 Å². The smallest absolute Gasteiger partial charge is 0.125 e. The number of aliphatic hydroxyl groups is 1. The fourth-order valence-corrected chi connectivity index (χ4v) is 2.21. The summed E-state index contributed by atoms with van der Waals surface area (Å²) < 4.78 is 18.2. The van der Waals surface area contributed by atoms with Gasteiger partial charge in [0.25, 0.3) is 0 Å². The summed E-state index contributed by atoms with van der Waals surface area (Å²) in [5.74, 6) is 0.102. The SMILES string of the molecule is COc1ccc(F)cc1C(O)c1ccsc1. The van der Waals surface area contributed by atoms with Gasteiger partial charge in [0.2, 0.25) is 0 Å². The summed E-state index contributed by atoms with van der Waals surface area (Å²) in [6.07, 6.45) is -0.850. The van der Waals surface area contributed by atoms with Crippen molar-refractivity contribution in [3.63, 3.8) is 0 Å². The summed E-state index contributed by atoms with van der Waals surface area (Å²) in [5, 5.41) is 13.8. The Morgan fingerprint density at radius 1 is 1.38 bits per heavy atom. The van der Waals surface area contributed by atoms with E-state index >= 15 is 0 Å². The second-order valence-electron chi connectivity index (χ2n) is 3.35. The number of rotatable bonds is 3. The summed E-state index contributed by atoms with van der Waals surface area (Å²) >= 11 is 1.49. The molecule has 0 fully saturated rings. The van der Waals surface area contributed by atoms with Crippen LogP contribution in [0.3, 0.4) is 0 Å². The van der Waals surface area contributed by atoms with Crippen LogP contribution in [0.15, 0.2) is 35.0 Å². The van der Waals surface area contributed by atoms with E-state index in [1.807, 2.05) is 10.8 Å². The molecule has 1 atom stereocenters. The number of methoxy groups -OCH3 is 1. The topological polar surface area (TPSA) is 29.5 Å². The number of aliphatic hydroxyl groups excluding tert-OH is 1. The van der Waals surface area contributed by atoms with Gasteiger partial charge in [-0.3, -0.25) is 0 Å². The molecular weight excluding hydrogens is 227 g/mol. The van der Waals surface area contributed by atoms with E-state index in [1.54, 1.807) is 6.07 Å². The van der Waals surface area contributed by atoms with Crippen molar-refractivity contribution in [3.05, 3.63) is 52.0 Å². The molecule has 0 saturated carbocycles. The quantitative estimate of drug-likeness (QED) is 0.890. The number of hydrogen-bond acceptors (Lipinski definition) is 3. The zero-order chi connectivity index (χ0) is 11.5. The van der Waals surface area contributed by atoms with Crippen LogP contribution in [0.1, 0.15) is 17.2 Å². The van der Waals surface area contributed by atoms with E-state index in [9.17, 15) is 9.50 Å². The standard InChI is InChI=1S/C12H11FO2S/c1-15-11-3-2-9(13)6-10(11)12(14)8-4-5-16-7-8/h2-7,12,14H,1H3. The average molecular weight is 238 g/mol. The first-order valence-corrected chi connectivity index (χ1v) is 5.70. The maximum Gasteiger partial charge on any atom is 0.125 e. The molecule has 1 N–H and O–H groups in total. The molecule has 0 aliphatic carbocycles. The first kappa shape index (κ1) is 11.1. The molecule has 0 saturated heterocycles. The van der Waals surface area contributed by atoms with E-state index in [4.69, 9.17) is 4.74 Å². The maximum atomic E-state index is 13.1. The lowest BCUT2D eigenvalue weighted by atomic mass is 10.0. The molecule has 0 radical (unpaired) electrons. The van der Waals surface area contributed by atoms with Gasteiger partial charge in [-0.15, -0.1) is 0 Å². The van der Waals surface area contributed by atoms with Crippen molar-refractivity contribution < 1.29 is 14.2 Å². The van der Waals surface area contributed by atoms with Crippen molar-refractivity contribution in [2.24, 2.45) is 0 Å². The summed E-state index contributed by atoms with van der Waals surface area (Å²) in [4.78, 5) is 0. The van der Waals surface area contributed by atoms with Crippen molar-refractivity contribution in [3.8, 4) is 5.75 Å². The van der Waals surface area contributed by atoms with Gasteiger partial charge in [0.05, 0.1) is 7.11 Å². The molecule has 0 bridgehead atoms. The molecule has 0 aliphatic rings. The molecule has 1 aromatic heterocycles. The van der Waals surface area contributed by atoms with Gasteiger partial charge in [0.15, 0.2) is 0 Å². The van der Waals surface area contributed by atoms with Crippen LogP contribution in [-0.4, -0.2) is 12.2 Å². The van der Waals surface area contributed by atoms with Gasteiger partial charge in [-0.2, -0.15) is 11.3 Å². The minimum Gasteiger partial charge on any atom is -0.496 e. The fourth-order valence-electron chi connectivity index (χ4n) is 1.53. The molecule has 1 aromatic carbocycles. The van der Waals surface area contributed by atoms with Crippen LogP contribution in [0.4, 0.5) is 4.39 Å². The summed E-state index contributed by atoms with van der Waals surface area (Å²) in [5.41, 5.74) is 1.19. The third kappa shape index (κ3) is 2.08. The van der Waals surface area contributed by atoms with Crippen LogP contribution in [-0.2, 0) is 0 Å². The lowest BCUT2D eigenvalue weighted by Gasteiger charge is -2.13. The first-order chi connectivity index (χ1) is 7.72. The Balaban J connectivity index is 2.42. The minimum absolute atomic E-state index is 0.384. The molecule has 84 valence electrons. The predicted octanol–water partition coefficient (Wildman–Crippen LogP) is 2.98. The Kier molecular flexibility index (Phi) is 3.22. The molecule has 4 heteroatoms. The largest absolute Gasteiger partial charge is 0.496 e. The van der Waals surface area contributed by atoms with Crippen molar-refractivity contribution in [1.82, 2.24) is 0 Å². The highest BCUT2D eigenvalue weighted by Gasteiger charge is 2.16. The maximum absolute atomic E-state index is 13.1. The number of halogens is 1. The molecule has 1 unspecified atom stereocenters. The molecule has 2 aromatic rings. The monoisotopic (exact) mass is 238 g/mol. The van der Waals surface area contributed by atoms with Gasteiger partial charge in [-0.25, -0.2) is 4.39 Å². The third-order valence-electron chi connectivity index (χ3n) is 2.35. The Morgan fingerprint density at radius 2 is 2.19 bits per heavy atom. The van der Waals surface area contributed by atoms with Crippen LogP contribution in [0.25, 0.3) is 0 Å². The predicted molar refractivity (Wildman–Crippen MR) is 61.3 cm³/mol. The third-order valence-corrected chi connectivity index (χ3v) is 3.05. The van der Waals surface area contributed by atoms with Crippen LogP contribution >= 0.6 is 11.3 Å². The Bertz CT molecular complexity index is 468. The average Bonchev–Trinajstić information content (AvgIpc) is 2.81. The zero-order valence-corrected chi connectivity index (χ0v) is 9.50. The highest BCUT2D eigenvalue weighted by Crippen LogP contribution is 2.31. The Hall–Kier alpha value is -1.39.